The standard InChI is InChI=1S/C14H18F4O4/c1-3-6-10(4-2)22-12(20)8-5-7-11(19)21-9-14(17,18)13(15)16/h10,13H,4-5,7-9H2,1-2H3. The smallest absolute Gasteiger partial charge is 0.340 e. The molecule has 0 amide bonds. The molecule has 0 saturated carbocycles. The SMILES string of the molecule is CC#CC(CC)OC(=O)CCCC(=O)OCC(F)(F)C(F)F. The van der Waals surface area contributed by atoms with Gasteiger partial charge < -0.3 is 9.47 Å². The van der Waals surface area contributed by atoms with Crippen LogP contribution in [-0.4, -0.2) is 37.0 Å². The molecular weight excluding hydrogens is 308 g/mol. The van der Waals surface area contributed by atoms with Gasteiger partial charge in [0, 0.05) is 12.8 Å². The van der Waals surface area contributed by atoms with Crippen LogP contribution in [0.4, 0.5) is 17.6 Å². The van der Waals surface area contributed by atoms with Gasteiger partial charge in [-0.15, -0.1) is 5.92 Å². The monoisotopic (exact) mass is 326 g/mol. The summed E-state index contributed by atoms with van der Waals surface area (Å²) in [7, 11) is 0. The van der Waals surface area contributed by atoms with Crippen LogP contribution in [0.3, 0.4) is 0 Å². The minimum Gasteiger partial charge on any atom is -0.459 e. The first-order valence-electron chi connectivity index (χ1n) is 6.66. The predicted octanol–water partition coefficient (Wildman–Crippen LogP) is 2.95. The number of rotatable bonds is 9. The van der Waals surface area contributed by atoms with Gasteiger partial charge in [0.2, 0.25) is 0 Å². The maximum Gasteiger partial charge on any atom is 0.340 e. The van der Waals surface area contributed by atoms with Crippen molar-refractivity contribution in [3.63, 3.8) is 0 Å². The number of hydrogen-bond donors (Lipinski definition) is 0. The van der Waals surface area contributed by atoms with E-state index in [0.717, 1.165) is 0 Å². The average molecular weight is 326 g/mol. The second kappa shape index (κ2) is 10.0. The molecule has 4 nitrogen and oxygen atoms in total. The van der Waals surface area contributed by atoms with Crippen LogP contribution in [-0.2, 0) is 19.1 Å². The Labute approximate surface area is 126 Å². The summed E-state index contributed by atoms with van der Waals surface area (Å²) in [5, 5.41) is 0. The van der Waals surface area contributed by atoms with Crippen LogP contribution >= 0.6 is 0 Å². The molecule has 0 aliphatic rings. The van der Waals surface area contributed by atoms with E-state index in [2.05, 4.69) is 16.6 Å². The highest BCUT2D eigenvalue weighted by Gasteiger charge is 2.42. The van der Waals surface area contributed by atoms with Gasteiger partial charge in [-0.05, 0) is 19.8 Å². The van der Waals surface area contributed by atoms with Crippen molar-refractivity contribution in [2.75, 3.05) is 6.61 Å². The van der Waals surface area contributed by atoms with E-state index >= 15 is 0 Å². The van der Waals surface area contributed by atoms with Gasteiger partial charge in [-0.3, -0.25) is 9.59 Å². The molecule has 0 radical (unpaired) electrons. The minimum absolute atomic E-state index is 0.00784. The van der Waals surface area contributed by atoms with E-state index in [1.165, 1.54) is 0 Å². The van der Waals surface area contributed by atoms with E-state index in [1.807, 2.05) is 0 Å². The lowest BCUT2D eigenvalue weighted by atomic mass is 10.2. The Bertz CT molecular complexity index is 426. The van der Waals surface area contributed by atoms with Gasteiger partial charge in [-0.25, -0.2) is 8.78 Å². The van der Waals surface area contributed by atoms with Gasteiger partial charge in [0.05, 0.1) is 0 Å². The van der Waals surface area contributed by atoms with Crippen LogP contribution in [0.25, 0.3) is 0 Å². The third kappa shape index (κ3) is 8.49. The fourth-order valence-electron chi connectivity index (χ4n) is 1.28. The van der Waals surface area contributed by atoms with Crippen LogP contribution in [0.5, 0.6) is 0 Å². The summed E-state index contributed by atoms with van der Waals surface area (Å²) in [5.74, 6) is -0.756. The first kappa shape index (κ1) is 20.2. The normalized spacial score (nSPS) is 12.3. The van der Waals surface area contributed by atoms with E-state index < -0.39 is 37.0 Å². The summed E-state index contributed by atoms with van der Waals surface area (Å²) in [6.45, 7) is 1.70. The van der Waals surface area contributed by atoms with Crippen molar-refractivity contribution < 1.29 is 36.6 Å². The molecule has 0 rings (SSSR count). The molecule has 0 aromatic carbocycles. The first-order valence-corrected chi connectivity index (χ1v) is 6.66. The number of alkyl halides is 4. The maximum absolute atomic E-state index is 12.5. The summed E-state index contributed by atoms with van der Waals surface area (Å²) in [4.78, 5) is 22.5. The third-order valence-corrected chi connectivity index (χ3v) is 2.46. The molecule has 0 aromatic heterocycles. The molecule has 0 spiro atoms. The van der Waals surface area contributed by atoms with E-state index in [0.29, 0.717) is 6.42 Å². The number of halogens is 4. The molecular formula is C14H18F4O4. The highest BCUT2D eigenvalue weighted by molar-refractivity contribution is 5.72. The van der Waals surface area contributed by atoms with Gasteiger partial charge in [0.25, 0.3) is 0 Å². The quantitative estimate of drug-likeness (QED) is 0.371. The Morgan fingerprint density at radius 1 is 1.18 bits per heavy atom. The molecule has 126 valence electrons. The molecule has 8 heteroatoms. The third-order valence-electron chi connectivity index (χ3n) is 2.46. The van der Waals surface area contributed by atoms with Crippen molar-refractivity contribution in [1.82, 2.24) is 0 Å². The van der Waals surface area contributed by atoms with Crippen LogP contribution < -0.4 is 0 Å². The highest BCUT2D eigenvalue weighted by Crippen LogP contribution is 2.23. The van der Waals surface area contributed by atoms with Gasteiger partial charge in [0.1, 0.15) is 0 Å². The molecule has 0 aliphatic heterocycles. The number of esters is 2. The zero-order valence-electron chi connectivity index (χ0n) is 12.3. The number of ether oxygens (including phenoxy) is 2. The topological polar surface area (TPSA) is 52.6 Å². The zero-order chi connectivity index (χ0) is 17.2. The highest BCUT2D eigenvalue weighted by atomic mass is 19.3. The average Bonchev–Trinajstić information content (AvgIpc) is 2.44. The van der Waals surface area contributed by atoms with Gasteiger partial charge in [0.15, 0.2) is 12.7 Å². The van der Waals surface area contributed by atoms with Crippen LogP contribution in [0.15, 0.2) is 0 Å². The lowest BCUT2D eigenvalue weighted by Crippen LogP contribution is -2.33. The fourth-order valence-corrected chi connectivity index (χ4v) is 1.28. The maximum atomic E-state index is 12.5. The zero-order valence-corrected chi connectivity index (χ0v) is 12.3. The molecule has 0 bridgehead atoms. The van der Waals surface area contributed by atoms with Crippen LogP contribution in [0.1, 0.15) is 39.5 Å². The van der Waals surface area contributed by atoms with Crippen LogP contribution in [0, 0.1) is 11.8 Å². The van der Waals surface area contributed by atoms with E-state index in [4.69, 9.17) is 4.74 Å². The summed E-state index contributed by atoms with van der Waals surface area (Å²) in [6.07, 6.45) is -4.38. The minimum atomic E-state index is -4.37. The van der Waals surface area contributed by atoms with E-state index in [1.54, 1.807) is 13.8 Å². The molecule has 1 atom stereocenters. The van der Waals surface area contributed by atoms with Crippen molar-refractivity contribution in [3.05, 3.63) is 0 Å². The number of hydrogen-bond acceptors (Lipinski definition) is 4. The Balaban J connectivity index is 3.97. The predicted molar refractivity (Wildman–Crippen MR) is 69.4 cm³/mol. The Morgan fingerprint density at radius 3 is 2.27 bits per heavy atom. The molecule has 0 saturated heterocycles. The van der Waals surface area contributed by atoms with Crippen molar-refractivity contribution in [1.29, 1.82) is 0 Å². The van der Waals surface area contributed by atoms with Crippen LogP contribution in [0.2, 0.25) is 0 Å². The lowest BCUT2D eigenvalue weighted by Gasteiger charge is -2.15. The molecule has 0 heterocycles. The summed E-state index contributed by atoms with van der Waals surface area (Å²) in [6, 6.07) is 0. The van der Waals surface area contributed by atoms with Gasteiger partial charge in [-0.2, -0.15) is 8.78 Å². The summed E-state index contributed by atoms with van der Waals surface area (Å²) in [5.41, 5.74) is 0. The molecule has 0 aromatic rings. The molecule has 1 unspecified atom stereocenters. The fraction of sp³-hybridized carbons (Fsp3) is 0.714. The van der Waals surface area contributed by atoms with Crippen molar-refractivity contribution in [3.8, 4) is 11.8 Å². The molecule has 22 heavy (non-hydrogen) atoms. The molecule has 0 fully saturated rings. The Morgan fingerprint density at radius 2 is 1.77 bits per heavy atom. The molecule has 0 N–H and O–H groups in total. The Kier molecular flexibility index (Phi) is 9.22. The van der Waals surface area contributed by atoms with Gasteiger partial charge >= 0.3 is 24.3 Å². The number of carbonyl (C=O) groups is 2. The van der Waals surface area contributed by atoms with E-state index in [9.17, 15) is 27.2 Å². The summed E-state index contributed by atoms with van der Waals surface area (Å²) < 4.78 is 57.7. The van der Waals surface area contributed by atoms with Gasteiger partial charge in [-0.1, -0.05) is 12.8 Å². The van der Waals surface area contributed by atoms with E-state index in [-0.39, 0.29) is 19.3 Å². The lowest BCUT2D eigenvalue weighted by molar-refractivity contribution is -0.179. The summed E-state index contributed by atoms with van der Waals surface area (Å²) >= 11 is 0. The van der Waals surface area contributed by atoms with Crippen molar-refractivity contribution in [2.45, 2.75) is 58.0 Å². The second-order valence-corrected chi connectivity index (χ2v) is 4.36. The second-order valence-electron chi connectivity index (χ2n) is 4.36. The largest absolute Gasteiger partial charge is 0.459 e. The Hall–Kier alpha value is -1.78. The number of carbonyl (C=O) groups excluding carboxylic acids is 2. The first-order chi connectivity index (χ1) is 10.2. The van der Waals surface area contributed by atoms with Crippen molar-refractivity contribution in [2.24, 2.45) is 0 Å². The molecule has 0 aliphatic carbocycles. The van der Waals surface area contributed by atoms with Crippen molar-refractivity contribution >= 4 is 11.9 Å².